The molecule has 3 aliphatic rings. The van der Waals surface area contributed by atoms with E-state index in [4.69, 9.17) is 28.4 Å². The second kappa shape index (κ2) is 77.3. The van der Waals surface area contributed by atoms with E-state index >= 15 is 0 Å². The third kappa shape index (κ3) is 54.9. The van der Waals surface area contributed by atoms with E-state index in [0.717, 1.165) is 116 Å². The van der Waals surface area contributed by atoms with E-state index in [1.165, 1.54) is 199 Å². The first kappa shape index (κ1) is 109. The molecule has 3 heterocycles. The molecule has 1 amide bonds. The van der Waals surface area contributed by atoms with Crippen molar-refractivity contribution in [2.45, 2.75) is 452 Å². The van der Waals surface area contributed by atoms with E-state index < -0.39 is 124 Å². The Labute approximate surface area is 721 Å². The Morgan fingerprint density at radius 2 is 0.588 bits per heavy atom. The second-order valence-electron chi connectivity index (χ2n) is 33.1. The van der Waals surface area contributed by atoms with Crippen LogP contribution in [0.3, 0.4) is 0 Å². The number of carbonyl (C=O) groups excluding carboxylic acids is 1. The molecule has 0 spiro atoms. The van der Waals surface area contributed by atoms with Gasteiger partial charge in [-0.2, -0.15) is 0 Å². The molecule has 3 fully saturated rings. The number of hydrogen-bond acceptors (Lipinski definition) is 18. The number of allylic oxidation sites excluding steroid dienone is 23. The summed E-state index contributed by atoms with van der Waals surface area (Å²) in [6, 6.07) is -1.01. The van der Waals surface area contributed by atoms with Gasteiger partial charge >= 0.3 is 0 Å². The van der Waals surface area contributed by atoms with Crippen molar-refractivity contribution in [2.24, 2.45) is 0 Å². The Bertz CT molecular complexity index is 2720. The number of nitrogens with one attached hydrogen (secondary N) is 1. The maximum Gasteiger partial charge on any atom is 0.220 e. The highest BCUT2D eigenvalue weighted by molar-refractivity contribution is 5.76. The van der Waals surface area contributed by atoms with Crippen LogP contribution in [0.1, 0.15) is 348 Å². The number of aliphatic hydroxyl groups is 11. The molecule has 17 unspecified atom stereocenters. The van der Waals surface area contributed by atoms with Gasteiger partial charge in [-0.05, 0) is 109 Å². The van der Waals surface area contributed by atoms with Crippen molar-refractivity contribution in [3.8, 4) is 0 Å². The van der Waals surface area contributed by atoms with Gasteiger partial charge in [-0.1, -0.05) is 378 Å². The van der Waals surface area contributed by atoms with Crippen molar-refractivity contribution in [3.63, 3.8) is 0 Å². The van der Waals surface area contributed by atoms with Crippen molar-refractivity contribution in [3.05, 3.63) is 146 Å². The zero-order valence-corrected chi connectivity index (χ0v) is 74.0. The summed E-state index contributed by atoms with van der Waals surface area (Å²) in [6.07, 6.45) is 87.2. The minimum Gasteiger partial charge on any atom is -0.394 e. The summed E-state index contributed by atoms with van der Waals surface area (Å²) in [5.74, 6) is -0.292. The van der Waals surface area contributed by atoms with Gasteiger partial charge in [0.2, 0.25) is 5.91 Å². The third-order valence-corrected chi connectivity index (χ3v) is 22.6. The van der Waals surface area contributed by atoms with E-state index in [0.29, 0.717) is 12.8 Å². The summed E-state index contributed by atoms with van der Waals surface area (Å²) in [5, 5.41) is 121. The Morgan fingerprint density at radius 3 is 0.941 bits per heavy atom. The minimum atomic E-state index is -1.99. The summed E-state index contributed by atoms with van der Waals surface area (Å²) in [7, 11) is 0. The molecule has 0 aromatic rings. The quantitative estimate of drug-likeness (QED) is 0.0199. The summed E-state index contributed by atoms with van der Waals surface area (Å²) in [6.45, 7) is 1.63. The van der Waals surface area contributed by atoms with Crippen LogP contribution in [0.25, 0.3) is 0 Å². The number of amides is 1. The summed E-state index contributed by atoms with van der Waals surface area (Å²) in [4.78, 5) is 13.5. The van der Waals surface area contributed by atoms with Crippen LogP contribution in [0.5, 0.6) is 0 Å². The smallest absolute Gasteiger partial charge is 0.220 e. The second-order valence-corrected chi connectivity index (χ2v) is 33.1. The lowest BCUT2D eigenvalue weighted by molar-refractivity contribution is -0.379. The molecule has 0 aliphatic carbocycles. The van der Waals surface area contributed by atoms with Gasteiger partial charge in [0.15, 0.2) is 18.9 Å². The number of ether oxygens (including phenoxy) is 6. The van der Waals surface area contributed by atoms with Crippen LogP contribution < -0.4 is 5.32 Å². The van der Waals surface area contributed by atoms with Gasteiger partial charge in [0, 0.05) is 6.42 Å². The van der Waals surface area contributed by atoms with Crippen LogP contribution in [-0.2, 0) is 33.2 Å². The van der Waals surface area contributed by atoms with E-state index in [1.54, 1.807) is 6.08 Å². The first-order valence-corrected chi connectivity index (χ1v) is 47.6. The molecular weight excluding hydrogens is 1500 g/mol. The average Bonchev–Trinajstić information content (AvgIpc) is 0.778. The summed E-state index contributed by atoms with van der Waals surface area (Å²) < 4.78 is 34.5. The molecule has 19 heteroatoms. The van der Waals surface area contributed by atoms with E-state index in [9.17, 15) is 61.0 Å². The molecule has 3 rings (SSSR count). The molecular formula is C100H171NO18. The Balaban J connectivity index is 1.33. The van der Waals surface area contributed by atoms with Crippen molar-refractivity contribution < 1.29 is 89.4 Å². The largest absolute Gasteiger partial charge is 0.394 e. The molecule has 684 valence electrons. The molecule has 0 bridgehead atoms. The highest BCUT2D eigenvalue weighted by Crippen LogP contribution is 2.34. The Morgan fingerprint density at radius 1 is 0.311 bits per heavy atom. The minimum absolute atomic E-state index is 0.222. The van der Waals surface area contributed by atoms with Crippen molar-refractivity contribution in [1.29, 1.82) is 0 Å². The highest BCUT2D eigenvalue weighted by Gasteiger charge is 2.54. The first-order valence-electron chi connectivity index (χ1n) is 47.6. The van der Waals surface area contributed by atoms with Crippen molar-refractivity contribution >= 4 is 5.91 Å². The maximum absolute atomic E-state index is 13.5. The van der Waals surface area contributed by atoms with Crippen LogP contribution in [0.4, 0.5) is 0 Å². The lowest BCUT2D eigenvalue weighted by Gasteiger charge is -2.48. The lowest BCUT2D eigenvalue weighted by Crippen LogP contribution is -2.66. The van der Waals surface area contributed by atoms with E-state index in [1.807, 2.05) is 6.08 Å². The lowest BCUT2D eigenvalue weighted by atomic mass is 9.96. The molecule has 0 aromatic carbocycles. The molecule has 12 N–H and O–H groups in total. The summed E-state index contributed by atoms with van der Waals surface area (Å²) >= 11 is 0. The van der Waals surface area contributed by atoms with Gasteiger partial charge in [0.25, 0.3) is 0 Å². The molecule has 0 aromatic heterocycles. The van der Waals surface area contributed by atoms with Crippen LogP contribution in [0, 0.1) is 0 Å². The van der Waals surface area contributed by atoms with Crippen LogP contribution in [0.15, 0.2) is 146 Å². The zero-order chi connectivity index (χ0) is 85.9. The highest BCUT2D eigenvalue weighted by atomic mass is 16.8. The standard InChI is InChI=1S/C100H171NO18/c1-3-5-7-9-11-13-15-17-19-21-23-25-27-29-31-33-35-37-38-39-40-41-42-43-44-46-48-50-52-54-56-58-60-62-64-66-68-70-72-74-76-78-88(106)101-83(84(105)77-75-73-71-69-67-65-63-61-59-57-55-53-51-49-47-45-36-34-32-30-28-26-24-22-20-18-16-14-12-10-8-6-4-2)82-114-98-94(112)91(109)96(86(80-103)116-98)119-100-95(113)92(110)97(87(81-104)117-100)118-99-93(111)90(108)89(107)85(79-102)115-99/h5,7,11,13,17,19,23,25,29,31,35,37,39-40,42-43,46,48,52,54,67,69,75,77,83-87,89-100,102-105,107-113H,3-4,6,8-10,12,14-16,18,20-22,24,26-28,30,32-34,36,38,41,44-45,47,49-51,53,55-66,68,70-74,76,78-82H2,1-2H3,(H,101,106)/b7-5-,13-11-,19-17-,25-23-,31-29-,37-35-,40-39-,43-42-,48-46-,54-52-,69-67+,77-75+. The van der Waals surface area contributed by atoms with Gasteiger partial charge in [0.05, 0.1) is 38.6 Å². The van der Waals surface area contributed by atoms with Crippen molar-refractivity contribution in [2.75, 3.05) is 26.4 Å². The number of unbranched alkanes of at least 4 members (excludes halogenated alkanes) is 38. The van der Waals surface area contributed by atoms with Crippen molar-refractivity contribution in [1.82, 2.24) is 5.32 Å². The molecule has 0 saturated carbocycles. The topological polar surface area (TPSA) is 307 Å². The number of aliphatic hydroxyl groups excluding tert-OH is 11. The molecule has 3 aliphatic heterocycles. The van der Waals surface area contributed by atoms with E-state index in [-0.39, 0.29) is 18.9 Å². The predicted octanol–water partition coefficient (Wildman–Crippen LogP) is 19.3. The number of hydrogen-bond donors (Lipinski definition) is 12. The summed E-state index contributed by atoms with van der Waals surface area (Å²) in [5.41, 5.74) is 0. The first-order chi connectivity index (χ1) is 58.3. The zero-order valence-electron chi connectivity index (χ0n) is 74.0. The number of rotatable bonds is 76. The van der Waals surface area contributed by atoms with E-state index in [2.05, 4.69) is 153 Å². The van der Waals surface area contributed by atoms with Gasteiger partial charge in [-0.3, -0.25) is 4.79 Å². The van der Waals surface area contributed by atoms with Gasteiger partial charge < -0.3 is 89.9 Å². The van der Waals surface area contributed by atoms with Gasteiger partial charge in [0.1, 0.15) is 73.2 Å². The van der Waals surface area contributed by atoms with Gasteiger partial charge in [-0.15, -0.1) is 0 Å². The average molecular weight is 1680 g/mol. The predicted molar refractivity (Wildman–Crippen MR) is 484 cm³/mol. The van der Waals surface area contributed by atoms with Crippen LogP contribution in [0.2, 0.25) is 0 Å². The SMILES string of the molecule is CC/C=C\C/C=C\C/C=C\C/C=C\C/C=C\C/C=C\C/C=C\C/C=C\C/C=C\C/C=C\CCCCCCCCCCCCC(=O)NC(COC1OC(CO)C(OC2OC(CO)C(OC3OC(CO)C(O)C(O)C3O)C(O)C2O)C(O)C1O)C(O)/C=C/CC/C=C/CCCCCCCCCCCCCCCCCCCCCCCCCCCCC. The third-order valence-electron chi connectivity index (χ3n) is 22.6. The fourth-order valence-corrected chi connectivity index (χ4v) is 15.1. The monoisotopic (exact) mass is 1670 g/mol. The Hall–Kier alpha value is -4.33. The molecule has 19 nitrogen and oxygen atoms in total. The molecule has 17 atom stereocenters. The normalized spacial score (nSPS) is 24.9. The maximum atomic E-state index is 13.5. The molecule has 3 saturated heterocycles. The Kier molecular flexibility index (Phi) is 70.7. The molecule has 119 heavy (non-hydrogen) atoms. The van der Waals surface area contributed by atoms with Crippen LogP contribution in [-0.4, -0.2) is 193 Å². The molecule has 0 radical (unpaired) electrons. The van der Waals surface area contributed by atoms with Crippen LogP contribution >= 0.6 is 0 Å². The van der Waals surface area contributed by atoms with Gasteiger partial charge in [-0.25, -0.2) is 0 Å². The fraction of sp³-hybridized carbons (Fsp3) is 0.750. The number of carbonyl (C=O) groups is 1. The fourth-order valence-electron chi connectivity index (χ4n) is 15.1.